The van der Waals surface area contributed by atoms with Crippen LogP contribution < -0.4 is 21.3 Å². The van der Waals surface area contributed by atoms with Crippen molar-refractivity contribution in [1.29, 1.82) is 0 Å². The number of hydrogen-bond donors (Lipinski definition) is 4. The van der Waals surface area contributed by atoms with Crippen LogP contribution >= 0.6 is 11.6 Å². The SMILES string of the molecule is CC(Nc1ncnc(N)c1C#Cc1cnccn1)c1nc2cccc(Cl)c2c(=O)n1-c1cccc(CNS(=O)O)c1. The quantitative estimate of drug-likeness (QED) is 0.164. The van der Waals surface area contributed by atoms with E-state index in [4.69, 9.17) is 26.9 Å². The lowest BCUT2D eigenvalue weighted by atomic mass is 10.1. The second-order valence-corrected chi connectivity index (χ2v) is 9.87. The van der Waals surface area contributed by atoms with Crippen molar-refractivity contribution < 1.29 is 8.76 Å². The molecule has 0 aliphatic carbocycles. The largest absolute Gasteiger partial charge is 0.382 e. The first-order valence-electron chi connectivity index (χ1n) is 12.1. The van der Waals surface area contributed by atoms with Crippen LogP contribution in [0.1, 0.15) is 35.6 Å². The summed E-state index contributed by atoms with van der Waals surface area (Å²) in [6.07, 6.45) is 5.90. The van der Waals surface area contributed by atoms with E-state index in [-0.39, 0.29) is 28.3 Å². The van der Waals surface area contributed by atoms with Gasteiger partial charge in [-0.3, -0.25) is 18.9 Å². The van der Waals surface area contributed by atoms with E-state index in [0.717, 1.165) is 0 Å². The number of fused-ring (bicyclic) bond motifs is 1. The summed E-state index contributed by atoms with van der Waals surface area (Å²) in [6, 6.07) is 11.4. The van der Waals surface area contributed by atoms with Crippen LogP contribution in [0.15, 0.2) is 72.2 Å². The fraction of sp³-hybridized carbons (Fsp3) is 0.111. The number of nitrogens with two attached hydrogens (primary N) is 1. The van der Waals surface area contributed by atoms with E-state index in [1.807, 2.05) is 6.92 Å². The Morgan fingerprint density at radius 1 is 1.15 bits per heavy atom. The van der Waals surface area contributed by atoms with Crippen molar-refractivity contribution in [2.45, 2.75) is 19.5 Å². The molecule has 2 atom stereocenters. The monoisotopic (exact) mass is 587 g/mol. The summed E-state index contributed by atoms with van der Waals surface area (Å²) in [4.78, 5) is 35.3. The molecule has 0 bridgehead atoms. The highest BCUT2D eigenvalue weighted by molar-refractivity contribution is 7.77. The van der Waals surface area contributed by atoms with Gasteiger partial charge in [-0.2, -0.15) is 0 Å². The lowest BCUT2D eigenvalue weighted by Gasteiger charge is -2.21. The Kier molecular flexibility index (Phi) is 8.27. The summed E-state index contributed by atoms with van der Waals surface area (Å²) in [6.45, 7) is 1.91. The molecule has 3 heterocycles. The highest BCUT2D eigenvalue weighted by Gasteiger charge is 2.21. The van der Waals surface area contributed by atoms with Crippen molar-refractivity contribution in [2.24, 2.45) is 0 Å². The lowest BCUT2D eigenvalue weighted by molar-refractivity contribution is 0.548. The van der Waals surface area contributed by atoms with E-state index in [1.165, 1.54) is 23.3 Å². The summed E-state index contributed by atoms with van der Waals surface area (Å²) in [7, 11) is 0. The number of nitrogens with one attached hydrogen (secondary N) is 2. The molecular weight excluding hydrogens is 566 g/mol. The molecule has 0 fully saturated rings. The standard InChI is InChI=1S/C27H22ClN9O3S/c1-16(35-25-20(24(29)32-15-33-25)9-8-18-14-30-10-11-31-18)26-36-22-7-3-6-21(28)23(22)27(38)37(26)19-5-2-4-17(12-19)13-34-41(39)40/h2-7,10-12,14-16,34H,13H2,1H3,(H,39,40)(H3,29,32,33,35). The van der Waals surface area contributed by atoms with Crippen LogP contribution in [-0.4, -0.2) is 38.2 Å². The highest BCUT2D eigenvalue weighted by Crippen LogP contribution is 2.26. The molecule has 14 heteroatoms. The molecule has 12 nitrogen and oxygen atoms in total. The Hall–Kier alpha value is -4.74. The minimum absolute atomic E-state index is 0.102. The van der Waals surface area contributed by atoms with Crippen LogP contribution in [0.5, 0.6) is 0 Å². The fourth-order valence-corrected chi connectivity index (χ4v) is 4.63. The van der Waals surface area contributed by atoms with Gasteiger partial charge >= 0.3 is 0 Å². The first-order valence-corrected chi connectivity index (χ1v) is 13.6. The summed E-state index contributed by atoms with van der Waals surface area (Å²) in [5, 5.41) is 3.78. The predicted octanol–water partition coefficient (Wildman–Crippen LogP) is 3.00. The summed E-state index contributed by atoms with van der Waals surface area (Å²) in [5.74, 6) is 6.70. The van der Waals surface area contributed by atoms with Crippen molar-refractivity contribution >= 4 is 45.4 Å². The minimum atomic E-state index is -2.20. The molecule has 2 aromatic carbocycles. The average molecular weight is 588 g/mol. The molecule has 5 N–H and O–H groups in total. The maximum Gasteiger partial charge on any atom is 0.267 e. The number of hydrogen-bond acceptors (Lipinski definition) is 9. The van der Waals surface area contributed by atoms with Crippen molar-refractivity contribution in [3.8, 4) is 17.5 Å². The van der Waals surface area contributed by atoms with Gasteiger partial charge in [0.1, 0.15) is 35.0 Å². The topological polar surface area (TPSA) is 174 Å². The number of aromatic nitrogens is 6. The Balaban J connectivity index is 1.61. The molecule has 0 amide bonds. The molecule has 0 aliphatic rings. The lowest BCUT2D eigenvalue weighted by Crippen LogP contribution is -2.28. The molecule has 3 aromatic heterocycles. The average Bonchev–Trinajstić information content (AvgIpc) is 2.96. The maximum atomic E-state index is 13.9. The van der Waals surface area contributed by atoms with Crippen LogP contribution in [-0.2, 0) is 17.8 Å². The van der Waals surface area contributed by atoms with E-state index in [2.05, 4.69) is 41.8 Å². The number of nitrogen functional groups attached to an aromatic ring is 1. The number of rotatable bonds is 7. The predicted molar refractivity (Wildman–Crippen MR) is 156 cm³/mol. The van der Waals surface area contributed by atoms with Gasteiger partial charge in [-0.1, -0.05) is 35.7 Å². The molecule has 2 unspecified atom stereocenters. The molecule has 5 rings (SSSR count). The van der Waals surface area contributed by atoms with Gasteiger partial charge in [0.25, 0.3) is 5.56 Å². The number of benzene rings is 2. The fourth-order valence-electron chi connectivity index (χ4n) is 4.09. The number of nitrogens with zero attached hydrogens (tertiary/aromatic N) is 6. The second-order valence-electron chi connectivity index (χ2n) is 8.67. The van der Waals surface area contributed by atoms with Gasteiger partial charge in [0.2, 0.25) is 11.3 Å². The molecule has 0 radical (unpaired) electrons. The van der Waals surface area contributed by atoms with Crippen LogP contribution in [0, 0.1) is 11.8 Å². The normalized spacial score (nSPS) is 12.4. The Morgan fingerprint density at radius 3 is 2.76 bits per heavy atom. The van der Waals surface area contributed by atoms with Crippen LogP contribution in [0.2, 0.25) is 5.02 Å². The van der Waals surface area contributed by atoms with Gasteiger partial charge in [0.15, 0.2) is 0 Å². The van der Waals surface area contributed by atoms with Crippen molar-refractivity contribution in [3.63, 3.8) is 0 Å². The maximum absolute atomic E-state index is 13.9. The molecular formula is C27H22ClN9O3S. The molecule has 0 saturated heterocycles. The van der Waals surface area contributed by atoms with Crippen molar-refractivity contribution in [2.75, 3.05) is 11.1 Å². The third kappa shape index (κ3) is 6.21. The van der Waals surface area contributed by atoms with Gasteiger partial charge < -0.3 is 11.1 Å². The van der Waals surface area contributed by atoms with Gasteiger partial charge in [0, 0.05) is 18.9 Å². The summed E-state index contributed by atoms with van der Waals surface area (Å²) in [5.41, 5.74) is 8.12. The van der Waals surface area contributed by atoms with Crippen LogP contribution in [0.3, 0.4) is 0 Å². The zero-order valence-corrected chi connectivity index (χ0v) is 23.0. The molecule has 41 heavy (non-hydrogen) atoms. The molecule has 0 saturated carbocycles. The zero-order chi connectivity index (χ0) is 28.9. The zero-order valence-electron chi connectivity index (χ0n) is 21.4. The van der Waals surface area contributed by atoms with Gasteiger partial charge in [-0.05, 0) is 42.7 Å². The van der Waals surface area contributed by atoms with E-state index >= 15 is 0 Å². The third-order valence-electron chi connectivity index (χ3n) is 5.94. The highest BCUT2D eigenvalue weighted by atomic mass is 35.5. The van der Waals surface area contributed by atoms with Crippen LogP contribution in [0.4, 0.5) is 11.6 Å². The summed E-state index contributed by atoms with van der Waals surface area (Å²) < 4.78 is 24.2. The molecule has 0 spiro atoms. The van der Waals surface area contributed by atoms with Gasteiger partial charge in [-0.15, -0.1) is 0 Å². The second kappa shape index (κ2) is 12.2. The van der Waals surface area contributed by atoms with Gasteiger partial charge in [-0.25, -0.2) is 28.9 Å². The first kappa shape index (κ1) is 27.8. The van der Waals surface area contributed by atoms with E-state index in [1.54, 1.807) is 48.7 Å². The summed E-state index contributed by atoms with van der Waals surface area (Å²) >= 11 is 4.23. The Labute approximate surface area is 241 Å². The minimum Gasteiger partial charge on any atom is -0.382 e. The number of halogens is 1. The number of anilines is 2. The van der Waals surface area contributed by atoms with Gasteiger partial charge in [0.05, 0.1) is 33.9 Å². The smallest absolute Gasteiger partial charge is 0.267 e. The van der Waals surface area contributed by atoms with Crippen molar-refractivity contribution in [1.82, 2.24) is 34.2 Å². The third-order valence-corrected chi connectivity index (χ3v) is 6.64. The Morgan fingerprint density at radius 2 is 1.98 bits per heavy atom. The van der Waals surface area contributed by atoms with E-state index in [9.17, 15) is 9.00 Å². The molecule has 5 aromatic rings. The molecule has 0 aliphatic heterocycles. The first-order chi connectivity index (χ1) is 19.8. The molecule has 206 valence electrons. The van der Waals surface area contributed by atoms with Crippen LogP contribution in [0.25, 0.3) is 16.6 Å². The van der Waals surface area contributed by atoms with E-state index < -0.39 is 17.3 Å². The van der Waals surface area contributed by atoms with E-state index in [0.29, 0.717) is 39.7 Å². The Bertz CT molecular complexity index is 1890. The van der Waals surface area contributed by atoms with Crippen molar-refractivity contribution in [3.05, 3.63) is 105 Å².